The molecule has 0 bridgehead atoms. The van der Waals surface area contributed by atoms with Crippen molar-refractivity contribution in [3.8, 4) is 6.07 Å². The molecule has 0 amide bonds. The van der Waals surface area contributed by atoms with Gasteiger partial charge in [0, 0.05) is 18.6 Å². The minimum Gasteiger partial charge on any atom is -0.303 e. The summed E-state index contributed by atoms with van der Waals surface area (Å²) in [5.74, 6) is -0.282. The van der Waals surface area contributed by atoms with Crippen LogP contribution in [-0.4, -0.2) is 24.8 Å². The molecule has 0 N–H and O–H groups in total. The molecule has 0 saturated heterocycles. The van der Waals surface area contributed by atoms with Gasteiger partial charge in [-0.15, -0.1) is 0 Å². The molecule has 0 aliphatic carbocycles. The zero-order valence-electron chi connectivity index (χ0n) is 9.61. The fraction of sp³-hybridized carbons (Fsp3) is 0.333. The molecule has 1 aromatic rings. The summed E-state index contributed by atoms with van der Waals surface area (Å²) in [6.07, 6.45) is 0. The van der Waals surface area contributed by atoms with Gasteiger partial charge < -0.3 is 5.01 Å². The third-order valence-corrected chi connectivity index (χ3v) is 2.64. The summed E-state index contributed by atoms with van der Waals surface area (Å²) in [4.78, 5) is 0. The smallest absolute Gasteiger partial charge is 0.111 e. The molecule has 16 heavy (non-hydrogen) atoms. The quantitative estimate of drug-likeness (QED) is 0.630. The zero-order chi connectivity index (χ0) is 12.1. The third kappa shape index (κ3) is 3.35. The highest BCUT2D eigenvalue weighted by molar-refractivity contribution is 9.10. The van der Waals surface area contributed by atoms with Crippen LogP contribution in [0, 0.1) is 11.3 Å². The SMILES string of the molecule is C/C(=N\N(C)C)C(C#N)c1ccc(Br)cc1. The highest BCUT2D eigenvalue weighted by Gasteiger charge is 2.14. The lowest BCUT2D eigenvalue weighted by Crippen LogP contribution is -2.13. The normalized spacial score (nSPS) is 13.1. The Morgan fingerprint density at radius 3 is 2.38 bits per heavy atom. The third-order valence-electron chi connectivity index (χ3n) is 2.11. The molecule has 1 rings (SSSR count). The van der Waals surface area contributed by atoms with Gasteiger partial charge in [-0.2, -0.15) is 10.4 Å². The lowest BCUT2D eigenvalue weighted by atomic mass is 9.97. The van der Waals surface area contributed by atoms with Gasteiger partial charge in [-0.05, 0) is 24.6 Å². The van der Waals surface area contributed by atoms with Gasteiger partial charge in [0.05, 0.1) is 11.8 Å². The van der Waals surface area contributed by atoms with Gasteiger partial charge in [0.15, 0.2) is 0 Å². The summed E-state index contributed by atoms with van der Waals surface area (Å²) in [7, 11) is 3.69. The van der Waals surface area contributed by atoms with E-state index in [2.05, 4.69) is 27.1 Å². The minimum absolute atomic E-state index is 0.282. The first-order valence-electron chi connectivity index (χ1n) is 4.92. The Bertz CT molecular complexity index is 415. The first-order valence-corrected chi connectivity index (χ1v) is 5.71. The predicted molar refractivity (Wildman–Crippen MR) is 69.3 cm³/mol. The van der Waals surface area contributed by atoms with Crippen LogP contribution in [0.15, 0.2) is 33.8 Å². The number of rotatable bonds is 3. The van der Waals surface area contributed by atoms with E-state index >= 15 is 0 Å². The molecular weight excluding hydrogens is 266 g/mol. The topological polar surface area (TPSA) is 39.4 Å². The van der Waals surface area contributed by atoms with Crippen LogP contribution in [0.4, 0.5) is 0 Å². The van der Waals surface area contributed by atoms with Crippen molar-refractivity contribution in [3.63, 3.8) is 0 Å². The average molecular weight is 280 g/mol. The van der Waals surface area contributed by atoms with Gasteiger partial charge >= 0.3 is 0 Å². The number of hydrazone groups is 1. The summed E-state index contributed by atoms with van der Waals surface area (Å²) in [5, 5.41) is 15.1. The van der Waals surface area contributed by atoms with Crippen LogP contribution in [-0.2, 0) is 0 Å². The number of nitriles is 1. The molecule has 0 aromatic heterocycles. The maximum absolute atomic E-state index is 9.17. The van der Waals surface area contributed by atoms with Crippen LogP contribution in [0.3, 0.4) is 0 Å². The van der Waals surface area contributed by atoms with E-state index in [1.807, 2.05) is 45.3 Å². The van der Waals surface area contributed by atoms with Crippen molar-refractivity contribution in [2.45, 2.75) is 12.8 Å². The van der Waals surface area contributed by atoms with Gasteiger partial charge in [-0.1, -0.05) is 28.1 Å². The van der Waals surface area contributed by atoms with Gasteiger partial charge in [-0.25, -0.2) is 0 Å². The number of hydrogen-bond acceptors (Lipinski definition) is 3. The fourth-order valence-electron chi connectivity index (χ4n) is 1.44. The van der Waals surface area contributed by atoms with Crippen LogP contribution in [0.1, 0.15) is 18.4 Å². The van der Waals surface area contributed by atoms with Gasteiger partial charge in [-0.3, -0.25) is 0 Å². The van der Waals surface area contributed by atoms with E-state index in [0.717, 1.165) is 15.7 Å². The van der Waals surface area contributed by atoms with E-state index in [4.69, 9.17) is 0 Å². The van der Waals surface area contributed by atoms with Crippen molar-refractivity contribution in [1.82, 2.24) is 5.01 Å². The first-order chi connectivity index (χ1) is 7.54. The molecule has 1 atom stereocenters. The number of nitrogens with zero attached hydrogens (tertiary/aromatic N) is 3. The second kappa shape index (κ2) is 5.66. The van der Waals surface area contributed by atoms with Gasteiger partial charge in [0.2, 0.25) is 0 Å². The van der Waals surface area contributed by atoms with E-state index < -0.39 is 0 Å². The molecular formula is C12H14BrN3. The highest BCUT2D eigenvalue weighted by atomic mass is 79.9. The predicted octanol–water partition coefficient (Wildman–Crippen LogP) is 2.99. The Balaban J connectivity index is 3.00. The van der Waals surface area contributed by atoms with Crippen molar-refractivity contribution in [3.05, 3.63) is 34.3 Å². The second-order valence-corrected chi connectivity index (χ2v) is 4.62. The standard InChI is InChI=1S/C12H14BrN3/c1-9(15-16(2)3)12(8-14)10-4-6-11(13)7-5-10/h4-7,12H,1-3H3/b15-9+. The summed E-state index contributed by atoms with van der Waals surface area (Å²) in [6.45, 7) is 1.87. The van der Waals surface area contributed by atoms with Crippen LogP contribution in [0.2, 0.25) is 0 Å². The summed E-state index contributed by atoms with van der Waals surface area (Å²) in [5.41, 5.74) is 1.77. The molecule has 84 valence electrons. The Morgan fingerprint density at radius 1 is 1.38 bits per heavy atom. The van der Waals surface area contributed by atoms with E-state index in [9.17, 15) is 5.26 Å². The minimum atomic E-state index is -0.282. The molecule has 1 aromatic carbocycles. The molecule has 0 heterocycles. The fourth-order valence-corrected chi connectivity index (χ4v) is 1.70. The molecule has 3 nitrogen and oxygen atoms in total. The Kier molecular flexibility index (Phi) is 4.51. The average Bonchev–Trinajstić information content (AvgIpc) is 2.21. The highest BCUT2D eigenvalue weighted by Crippen LogP contribution is 2.19. The molecule has 0 aliphatic heterocycles. The molecule has 0 spiro atoms. The lowest BCUT2D eigenvalue weighted by molar-refractivity contribution is 0.436. The summed E-state index contributed by atoms with van der Waals surface area (Å²) in [6, 6.07) is 10.0. The molecule has 0 aliphatic rings. The van der Waals surface area contributed by atoms with Crippen molar-refractivity contribution >= 4 is 21.6 Å². The monoisotopic (exact) mass is 279 g/mol. The van der Waals surface area contributed by atoms with Gasteiger partial charge in [0.25, 0.3) is 0 Å². The Morgan fingerprint density at radius 2 is 1.94 bits per heavy atom. The lowest BCUT2D eigenvalue weighted by Gasteiger charge is -2.12. The van der Waals surface area contributed by atoms with E-state index in [1.165, 1.54) is 0 Å². The molecule has 0 fully saturated rings. The second-order valence-electron chi connectivity index (χ2n) is 3.70. The maximum atomic E-state index is 9.17. The Hall–Kier alpha value is -1.34. The van der Waals surface area contributed by atoms with Crippen molar-refractivity contribution in [2.75, 3.05) is 14.1 Å². The van der Waals surface area contributed by atoms with Crippen LogP contribution in [0.5, 0.6) is 0 Å². The zero-order valence-corrected chi connectivity index (χ0v) is 11.2. The number of benzene rings is 1. The summed E-state index contributed by atoms with van der Waals surface area (Å²) < 4.78 is 1.01. The summed E-state index contributed by atoms with van der Waals surface area (Å²) >= 11 is 3.37. The molecule has 0 saturated carbocycles. The Labute approximate surface area is 105 Å². The molecule has 0 radical (unpaired) electrons. The molecule has 1 unspecified atom stereocenters. The number of hydrogen-bond donors (Lipinski definition) is 0. The molecule has 4 heteroatoms. The van der Waals surface area contributed by atoms with Crippen molar-refractivity contribution in [1.29, 1.82) is 5.26 Å². The maximum Gasteiger partial charge on any atom is 0.111 e. The largest absolute Gasteiger partial charge is 0.303 e. The van der Waals surface area contributed by atoms with E-state index in [-0.39, 0.29) is 5.92 Å². The van der Waals surface area contributed by atoms with Crippen molar-refractivity contribution < 1.29 is 0 Å². The van der Waals surface area contributed by atoms with E-state index in [0.29, 0.717) is 0 Å². The van der Waals surface area contributed by atoms with Gasteiger partial charge in [0.1, 0.15) is 5.92 Å². The van der Waals surface area contributed by atoms with E-state index in [1.54, 1.807) is 5.01 Å². The van der Waals surface area contributed by atoms with Crippen LogP contribution >= 0.6 is 15.9 Å². The first kappa shape index (κ1) is 12.7. The number of halogens is 1. The van der Waals surface area contributed by atoms with Crippen LogP contribution < -0.4 is 0 Å². The van der Waals surface area contributed by atoms with Crippen LogP contribution in [0.25, 0.3) is 0 Å². The van der Waals surface area contributed by atoms with Crippen molar-refractivity contribution in [2.24, 2.45) is 5.10 Å².